The molecular formula is C15H23N3O3S. The highest BCUT2D eigenvalue weighted by atomic mass is 32.2. The van der Waals surface area contributed by atoms with Crippen molar-refractivity contribution < 1.29 is 13.2 Å². The van der Waals surface area contributed by atoms with Crippen molar-refractivity contribution in [2.75, 3.05) is 13.6 Å². The van der Waals surface area contributed by atoms with Crippen LogP contribution in [-0.4, -0.2) is 37.9 Å². The molecule has 122 valence electrons. The van der Waals surface area contributed by atoms with E-state index in [1.807, 2.05) is 20.8 Å². The van der Waals surface area contributed by atoms with Crippen LogP contribution in [0.15, 0.2) is 34.3 Å². The molecule has 0 aliphatic rings. The number of benzene rings is 1. The van der Waals surface area contributed by atoms with Gasteiger partial charge in [0.1, 0.15) is 0 Å². The molecule has 0 unspecified atom stereocenters. The Morgan fingerprint density at radius 3 is 2.23 bits per heavy atom. The number of hydrogen-bond acceptors (Lipinski definition) is 4. The minimum atomic E-state index is -3.68. The summed E-state index contributed by atoms with van der Waals surface area (Å²) < 4.78 is 25.7. The quantitative estimate of drug-likeness (QED) is 0.614. The molecule has 6 nitrogen and oxygen atoms in total. The number of likely N-dealkylation sites (N-methyl/N-ethyl adjacent to an activating group) is 1. The number of aryl methyl sites for hydroxylation is 1. The summed E-state index contributed by atoms with van der Waals surface area (Å²) in [5.74, 6) is -0.461. The Bertz CT molecular complexity index is 631. The molecule has 22 heavy (non-hydrogen) atoms. The maximum absolute atomic E-state index is 12.3. The van der Waals surface area contributed by atoms with Crippen molar-refractivity contribution in [1.82, 2.24) is 9.73 Å². The standard InChI is InChI=1S/C15H23N3O3S/c1-5-13(6-2)16-17-15(19)11-18(4)22(20,21)14-9-7-12(3)8-10-14/h7-10H,5-6,11H2,1-4H3,(H,17,19). The molecule has 0 spiro atoms. The molecule has 0 atom stereocenters. The smallest absolute Gasteiger partial charge is 0.255 e. The van der Waals surface area contributed by atoms with E-state index in [9.17, 15) is 13.2 Å². The Hall–Kier alpha value is -1.73. The topological polar surface area (TPSA) is 78.8 Å². The van der Waals surface area contributed by atoms with E-state index in [1.165, 1.54) is 19.2 Å². The van der Waals surface area contributed by atoms with Gasteiger partial charge in [-0.3, -0.25) is 4.79 Å². The van der Waals surface area contributed by atoms with Gasteiger partial charge in [-0.05, 0) is 31.9 Å². The fraction of sp³-hybridized carbons (Fsp3) is 0.467. The van der Waals surface area contributed by atoms with E-state index in [0.29, 0.717) is 0 Å². The summed E-state index contributed by atoms with van der Waals surface area (Å²) in [6, 6.07) is 6.51. The van der Waals surface area contributed by atoms with Gasteiger partial charge in [-0.25, -0.2) is 13.8 Å². The van der Waals surface area contributed by atoms with Gasteiger partial charge in [-0.1, -0.05) is 31.5 Å². The van der Waals surface area contributed by atoms with Crippen LogP contribution in [0.1, 0.15) is 32.3 Å². The maximum Gasteiger partial charge on any atom is 0.255 e. The number of hydrogen-bond donors (Lipinski definition) is 1. The number of hydrazone groups is 1. The Labute approximate surface area is 132 Å². The number of nitrogens with one attached hydrogen (secondary N) is 1. The lowest BCUT2D eigenvalue weighted by atomic mass is 10.2. The van der Waals surface area contributed by atoms with Crippen molar-refractivity contribution in [3.63, 3.8) is 0 Å². The van der Waals surface area contributed by atoms with Crippen LogP contribution in [0, 0.1) is 6.92 Å². The molecule has 0 heterocycles. The van der Waals surface area contributed by atoms with E-state index in [2.05, 4.69) is 10.5 Å². The van der Waals surface area contributed by atoms with Crippen LogP contribution >= 0.6 is 0 Å². The number of rotatable bonds is 7. The van der Waals surface area contributed by atoms with E-state index in [0.717, 1.165) is 28.4 Å². The SMILES string of the molecule is CCC(CC)=NNC(=O)CN(C)S(=O)(=O)c1ccc(C)cc1. The number of amides is 1. The summed E-state index contributed by atoms with van der Waals surface area (Å²) in [7, 11) is -2.30. The third-order valence-corrected chi connectivity index (χ3v) is 5.07. The van der Waals surface area contributed by atoms with Crippen LogP contribution < -0.4 is 5.43 Å². The molecule has 0 bridgehead atoms. The molecular weight excluding hydrogens is 302 g/mol. The van der Waals surface area contributed by atoms with Crippen molar-refractivity contribution in [1.29, 1.82) is 0 Å². The largest absolute Gasteiger partial charge is 0.272 e. The van der Waals surface area contributed by atoms with E-state index in [1.54, 1.807) is 12.1 Å². The van der Waals surface area contributed by atoms with Gasteiger partial charge >= 0.3 is 0 Å². The second kappa shape index (κ2) is 8.05. The van der Waals surface area contributed by atoms with Crippen molar-refractivity contribution in [3.8, 4) is 0 Å². The molecule has 0 aliphatic heterocycles. The first-order valence-corrected chi connectivity index (χ1v) is 8.62. The number of nitrogens with zero attached hydrogens (tertiary/aromatic N) is 2. The van der Waals surface area contributed by atoms with Crippen LogP contribution in [0.25, 0.3) is 0 Å². The molecule has 0 aromatic heterocycles. The van der Waals surface area contributed by atoms with Crippen molar-refractivity contribution in [2.45, 2.75) is 38.5 Å². The molecule has 1 aromatic carbocycles. The third-order valence-electron chi connectivity index (χ3n) is 3.25. The van der Waals surface area contributed by atoms with E-state index >= 15 is 0 Å². The molecule has 1 rings (SSSR count). The Morgan fingerprint density at radius 2 is 1.73 bits per heavy atom. The van der Waals surface area contributed by atoms with E-state index in [4.69, 9.17) is 0 Å². The number of sulfonamides is 1. The molecule has 1 N–H and O–H groups in total. The van der Waals surface area contributed by atoms with Crippen molar-refractivity contribution in [2.24, 2.45) is 5.10 Å². The zero-order valence-electron chi connectivity index (χ0n) is 13.5. The van der Waals surface area contributed by atoms with Crippen LogP contribution in [0.4, 0.5) is 0 Å². The monoisotopic (exact) mass is 325 g/mol. The van der Waals surface area contributed by atoms with Crippen molar-refractivity contribution >= 4 is 21.6 Å². The molecule has 7 heteroatoms. The lowest BCUT2D eigenvalue weighted by molar-refractivity contribution is -0.121. The van der Waals surface area contributed by atoms with Crippen LogP contribution in [-0.2, 0) is 14.8 Å². The minimum absolute atomic E-state index is 0.166. The average Bonchev–Trinajstić information content (AvgIpc) is 2.48. The lowest BCUT2D eigenvalue weighted by Gasteiger charge is -2.16. The van der Waals surface area contributed by atoms with Gasteiger partial charge in [-0.2, -0.15) is 9.41 Å². The highest BCUT2D eigenvalue weighted by Gasteiger charge is 2.22. The van der Waals surface area contributed by atoms with E-state index < -0.39 is 15.9 Å². The highest BCUT2D eigenvalue weighted by Crippen LogP contribution is 2.14. The maximum atomic E-state index is 12.3. The van der Waals surface area contributed by atoms with Gasteiger partial charge in [0.2, 0.25) is 10.0 Å². The first kappa shape index (κ1) is 18.3. The second-order valence-electron chi connectivity index (χ2n) is 4.99. The average molecular weight is 325 g/mol. The summed E-state index contributed by atoms with van der Waals surface area (Å²) >= 11 is 0. The van der Waals surface area contributed by atoms with Gasteiger partial charge < -0.3 is 0 Å². The normalized spacial score (nSPS) is 11.3. The Morgan fingerprint density at radius 1 is 1.18 bits per heavy atom. The Balaban J connectivity index is 2.75. The van der Waals surface area contributed by atoms with Gasteiger partial charge in [-0.15, -0.1) is 0 Å². The fourth-order valence-electron chi connectivity index (χ4n) is 1.76. The molecule has 1 amide bonds. The van der Waals surface area contributed by atoms with Gasteiger partial charge in [0.05, 0.1) is 11.4 Å². The third kappa shape index (κ3) is 4.92. The summed E-state index contributed by atoms with van der Waals surface area (Å²) in [6.07, 6.45) is 1.49. The molecule has 0 saturated heterocycles. The molecule has 0 fully saturated rings. The molecule has 0 aliphatic carbocycles. The van der Waals surface area contributed by atoms with Crippen LogP contribution in [0.2, 0.25) is 0 Å². The first-order valence-electron chi connectivity index (χ1n) is 7.18. The molecule has 0 saturated carbocycles. The Kier molecular flexibility index (Phi) is 6.70. The predicted molar refractivity (Wildman–Crippen MR) is 87.2 cm³/mol. The van der Waals surface area contributed by atoms with Crippen LogP contribution in [0.3, 0.4) is 0 Å². The predicted octanol–water partition coefficient (Wildman–Crippen LogP) is 1.91. The zero-order chi connectivity index (χ0) is 16.8. The second-order valence-corrected chi connectivity index (χ2v) is 7.04. The summed E-state index contributed by atoms with van der Waals surface area (Å²) in [5, 5.41) is 3.98. The lowest BCUT2D eigenvalue weighted by Crippen LogP contribution is -2.36. The van der Waals surface area contributed by atoms with Crippen LogP contribution in [0.5, 0.6) is 0 Å². The van der Waals surface area contributed by atoms with Crippen molar-refractivity contribution in [3.05, 3.63) is 29.8 Å². The minimum Gasteiger partial charge on any atom is -0.272 e. The fourth-order valence-corrected chi connectivity index (χ4v) is 2.89. The van der Waals surface area contributed by atoms with E-state index in [-0.39, 0.29) is 11.4 Å². The molecule has 1 aromatic rings. The zero-order valence-corrected chi connectivity index (χ0v) is 14.3. The molecule has 0 radical (unpaired) electrons. The first-order chi connectivity index (χ1) is 10.3. The number of carbonyl (C=O) groups is 1. The van der Waals surface area contributed by atoms with Gasteiger partial charge in [0, 0.05) is 12.8 Å². The highest BCUT2D eigenvalue weighted by molar-refractivity contribution is 7.89. The summed E-state index contributed by atoms with van der Waals surface area (Å²) in [5.41, 5.74) is 4.22. The van der Waals surface area contributed by atoms with Gasteiger partial charge in [0.15, 0.2) is 0 Å². The summed E-state index contributed by atoms with van der Waals surface area (Å²) in [6.45, 7) is 5.50. The number of carbonyl (C=O) groups excluding carboxylic acids is 1. The summed E-state index contributed by atoms with van der Waals surface area (Å²) in [4.78, 5) is 12.0. The van der Waals surface area contributed by atoms with Gasteiger partial charge in [0.25, 0.3) is 5.91 Å².